The first-order valence-electron chi connectivity index (χ1n) is 11.2. The number of methoxy groups -OCH3 is 1. The second-order valence-electron chi connectivity index (χ2n) is 8.01. The van der Waals surface area contributed by atoms with Gasteiger partial charge in [0.2, 0.25) is 5.91 Å². The van der Waals surface area contributed by atoms with Crippen molar-refractivity contribution in [2.45, 2.75) is 36.9 Å². The largest absolute Gasteiger partial charge is 0.497 e. The molecule has 9 nitrogen and oxygen atoms in total. The maximum Gasteiger partial charge on any atom is 0.235 e. The molecule has 0 atom stereocenters. The number of nitrogens with one attached hydrogen (secondary N) is 1. The van der Waals surface area contributed by atoms with Crippen LogP contribution in [0.5, 0.6) is 5.75 Å². The molecular weight excluding hydrogens is 450 g/mol. The Hall–Kier alpha value is -3.66. The minimum absolute atomic E-state index is 0.112. The standard InChI is InChI=1S/C24H25N7O2S/c1-33-20-8-6-18(7-9-20)30-23(17-10-13-25-14-11-17)28-29-24(30)34-16-22(32)27-21-12-15-26-31(21)19-4-2-3-5-19/h6-15,19H,2-5,16H2,1H3,(H,27,32). The molecule has 0 saturated heterocycles. The molecule has 1 aromatic carbocycles. The van der Waals surface area contributed by atoms with E-state index in [1.54, 1.807) is 25.7 Å². The number of carbonyl (C=O) groups is 1. The number of nitrogens with zero attached hydrogens (tertiary/aromatic N) is 6. The van der Waals surface area contributed by atoms with Crippen LogP contribution in [-0.2, 0) is 4.79 Å². The number of ether oxygens (including phenoxy) is 1. The van der Waals surface area contributed by atoms with Gasteiger partial charge >= 0.3 is 0 Å². The highest BCUT2D eigenvalue weighted by atomic mass is 32.2. The molecule has 1 aliphatic rings. The van der Waals surface area contributed by atoms with Crippen molar-refractivity contribution < 1.29 is 9.53 Å². The molecule has 1 saturated carbocycles. The number of anilines is 1. The van der Waals surface area contributed by atoms with Gasteiger partial charge < -0.3 is 10.1 Å². The first-order valence-corrected chi connectivity index (χ1v) is 12.2. The van der Waals surface area contributed by atoms with Crippen LogP contribution in [0.4, 0.5) is 5.82 Å². The molecule has 5 rings (SSSR count). The summed E-state index contributed by atoms with van der Waals surface area (Å²) >= 11 is 1.34. The Bertz CT molecular complexity index is 1250. The van der Waals surface area contributed by atoms with Crippen LogP contribution < -0.4 is 10.1 Å². The summed E-state index contributed by atoms with van der Waals surface area (Å²) in [7, 11) is 1.63. The van der Waals surface area contributed by atoms with E-state index in [0.717, 1.165) is 35.7 Å². The Labute approximate surface area is 201 Å². The highest BCUT2D eigenvalue weighted by molar-refractivity contribution is 7.99. The van der Waals surface area contributed by atoms with Crippen LogP contribution in [0.25, 0.3) is 17.1 Å². The topological polar surface area (TPSA) is 99.8 Å². The highest BCUT2D eigenvalue weighted by Gasteiger charge is 2.21. The van der Waals surface area contributed by atoms with Gasteiger partial charge in [0.25, 0.3) is 0 Å². The minimum atomic E-state index is -0.112. The van der Waals surface area contributed by atoms with Gasteiger partial charge in [0.05, 0.1) is 25.1 Å². The first-order chi connectivity index (χ1) is 16.7. The summed E-state index contributed by atoms with van der Waals surface area (Å²) in [6, 6.07) is 13.6. The van der Waals surface area contributed by atoms with Crippen LogP contribution in [0, 0.1) is 0 Å². The van der Waals surface area contributed by atoms with E-state index < -0.39 is 0 Å². The third kappa shape index (κ3) is 4.67. The zero-order valence-electron chi connectivity index (χ0n) is 18.8. The molecular formula is C24H25N7O2S. The van der Waals surface area contributed by atoms with Crippen LogP contribution in [-0.4, -0.2) is 48.3 Å². The van der Waals surface area contributed by atoms with Gasteiger partial charge in [0, 0.05) is 29.7 Å². The number of aromatic nitrogens is 6. The lowest BCUT2D eigenvalue weighted by atomic mass is 10.2. The third-order valence-corrected chi connectivity index (χ3v) is 6.77. The van der Waals surface area contributed by atoms with Gasteiger partial charge in [-0.15, -0.1) is 10.2 Å². The fourth-order valence-electron chi connectivity index (χ4n) is 4.18. The molecule has 1 amide bonds. The van der Waals surface area contributed by atoms with Crippen molar-refractivity contribution in [3.63, 3.8) is 0 Å². The summed E-state index contributed by atoms with van der Waals surface area (Å²) in [5, 5.41) is 16.9. The van der Waals surface area contributed by atoms with E-state index in [-0.39, 0.29) is 11.7 Å². The molecule has 3 aromatic heterocycles. The average Bonchev–Trinajstić information content (AvgIpc) is 3.64. The summed E-state index contributed by atoms with van der Waals surface area (Å²) in [5.74, 6) is 2.26. The Morgan fingerprint density at radius 1 is 1.06 bits per heavy atom. The van der Waals surface area contributed by atoms with E-state index in [1.807, 2.05) is 51.7 Å². The summed E-state index contributed by atoms with van der Waals surface area (Å²) in [4.78, 5) is 16.9. The van der Waals surface area contributed by atoms with Crippen LogP contribution in [0.2, 0.25) is 0 Å². The van der Waals surface area contributed by atoms with Gasteiger partial charge in [0.1, 0.15) is 11.6 Å². The number of carbonyl (C=O) groups excluding carboxylic acids is 1. The summed E-state index contributed by atoms with van der Waals surface area (Å²) in [6.45, 7) is 0. The van der Waals surface area contributed by atoms with Gasteiger partial charge in [-0.05, 0) is 49.2 Å². The van der Waals surface area contributed by atoms with Crippen molar-refractivity contribution in [3.05, 3.63) is 61.1 Å². The quantitative estimate of drug-likeness (QED) is 0.378. The maximum atomic E-state index is 12.8. The van der Waals surface area contributed by atoms with Gasteiger partial charge in [-0.3, -0.25) is 14.3 Å². The molecule has 1 N–H and O–H groups in total. The van der Waals surface area contributed by atoms with Crippen molar-refractivity contribution in [1.29, 1.82) is 0 Å². The van der Waals surface area contributed by atoms with E-state index in [0.29, 0.717) is 17.0 Å². The molecule has 34 heavy (non-hydrogen) atoms. The van der Waals surface area contributed by atoms with E-state index in [4.69, 9.17) is 4.74 Å². The lowest BCUT2D eigenvalue weighted by molar-refractivity contribution is -0.113. The summed E-state index contributed by atoms with van der Waals surface area (Å²) in [6.07, 6.45) is 9.78. The third-order valence-electron chi connectivity index (χ3n) is 5.84. The minimum Gasteiger partial charge on any atom is -0.497 e. The smallest absolute Gasteiger partial charge is 0.235 e. The zero-order chi connectivity index (χ0) is 23.3. The number of thioether (sulfide) groups is 1. The van der Waals surface area contributed by atoms with Crippen LogP contribution in [0.15, 0.2) is 66.2 Å². The van der Waals surface area contributed by atoms with E-state index in [9.17, 15) is 4.79 Å². The van der Waals surface area contributed by atoms with Crippen molar-refractivity contribution in [2.24, 2.45) is 0 Å². The SMILES string of the molecule is COc1ccc(-n2c(SCC(=O)Nc3ccnn3C3CCCC3)nnc2-c2ccncc2)cc1. The first kappa shape index (κ1) is 22.1. The van der Waals surface area contributed by atoms with Gasteiger partial charge in [-0.2, -0.15) is 5.10 Å². The second kappa shape index (κ2) is 10.1. The predicted molar refractivity (Wildman–Crippen MR) is 130 cm³/mol. The Kier molecular flexibility index (Phi) is 6.57. The van der Waals surface area contributed by atoms with Gasteiger partial charge in [-0.25, -0.2) is 4.68 Å². The molecule has 1 fully saturated rings. The highest BCUT2D eigenvalue weighted by Crippen LogP contribution is 2.32. The number of hydrogen-bond acceptors (Lipinski definition) is 7. The Morgan fingerprint density at radius 2 is 1.82 bits per heavy atom. The molecule has 174 valence electrons. The Morgan fingerprint density at radius 3 is 2.56 bits per heavy atom. The molecule has 4 aromatic rings. The number of amides is 1. The van der Waals surface area contributed by atoms with Crippen molar-refractivity contribution in [3.8, 4) is 22.8 Å². The van der Waals surface area contributed by atoms with E-state index in [1.165, 1.54) is 24.6 Å². The Balaban J connectivity index is 1.36. The number of pyridine rings is 1. The van der Waals surface area contributed by atoms with Crippen molar-refractivity contribution >= 4 is 23.5 Å². The summed E-state index contributed by atoms with van der Waals surface area (Å²) < 4.78 is 9.17. The molecule has 0 aliphatic heterocycles. The molecule has 3 heterocycles. The lowest BCUT2D eigenvalue weighted by Gasteiger charge is -2.14. The molecule has 10 heteroatoms. The molecule has 1 aliphatic carbocycles. The van der Waals surface area contributed by atoms with Crippen LogP contribution >= 0.6 is 11.8 Å². The zero-order valence-corrected chi connectivity index (χ0v) is 19.6. The average molecular weight is 476 g/mol. The molecule has 0 bridgehead atoms. The van der Waals surface area contributed by atoms with Crippen LogP contribution in [0.1, 0.15) is 31.7 Å². The monoisotopic (exact) mass is 475 g/mol. The fraction of sp³-hybridized carbons (Fsp3) is 0.292. The second-order valence-corrected chi connectivity index (χ2v) is 8.95. The molecule has 0 spiro atoms. The normalized spacial score (nSPS) is 13.8. The molecule has 0 radical (unpaired) electrons. The predicted octanol–water partition coefficient (Wildman–Crippen LogP) is 4.38. The van der Waals surface area contributed by atoms with Crippen LogP contribution in [0.3, 0.4) is 0 Å². The summed E-state index contributed by atoms with van der Waals surface area (Å²) in [5.41, 5.74) is 1.76. The lowest BCUT2D eigenvalue weighted by Crippen LogP contribution is -2.19. The fourth-order valence-corrected chi connectivity index (χ4v) is 4.93. The maximum absolute atomic E-state index is 12.8. The van der Waals surface area contributed by atoms with E-state index >= 15 is 0 Å². The van der Waals surface area contributed by atoms with E-state index in [2.05, 4.69) is 25.6 Å². The van der Waals surface area contributed by atoms with Gasteiger partial charge in [-0.1, -0.05) is 24.6 Å². The number of rotatable bonds is 8. The number of benzene rings is 1. The van der Waals surface area contributed by atoms with Crippen molar-refractivity contribution in [2.75, 3.05) is 18.2 Å². The van der Waals surface area contributed by atoms with Gasteiger partial charge in [0.15, 0.2) is 11.0 Å². The molecule has 0 unspecified atom stereocenters. The number of hydrogen-bond donors (Lipinski definition) is 1. The van der Waals surface area contributed by atoms with Crippen molar-refractivity contribution in [1.82, 2.24) is 29.5 Å².